The highest BCUT2D eigenvalue weighted by Crippen LogP contribution is 2.47. The number of amides is 2. The Labute approximate surface area is 163 Å². The highest BCUT2D eigenvalue weighted by atomic mass is 16.2. The average Bonchev–Trinajstić information content (AvgIpc) is 3.48. The third-order valence-electron chi connectivity index (χ3n) is 7.32. The molecule has 3 N–H and O–H groups in total. The third kappa shape index (κ3) is 4.83. The lowest BCUT2D eigenvalue weighted by molar-refractivity contribution is -0.134. The fourth-order valence-corrected chi connectivity index (χ4v) is 5.48. The first kappa shape index (κ1) is 19.2. The molecule has 0 aromatic heterocycles. The molecule has 0 bridgehead atoms. The zero-order chi connectivity index (χ0) is 18.7. The van der Waals surface area contributed by atoms with Crippen LogP contribution in [0.15, 0.2) is 0 Å². The molecule has 0 aromatic carbocycles. The number of piperidine rings is 2. The van der Waals surface area contributed by atoms with Crippen molar-refractivity contribution < 1.29 is 9.59 Å². The molecule has 4 rings (SSSR count). The summed E-state index contributed by atoms with van der Waals surface area (Å²) in [5, 5.41) is 9.92. The van der Waals surface area contributed by atoms with Gasteiger partial charge in [0, 0.05) is 31.1 Å². The molecule has 2 saturated heterocycles. The summed E-state index contributed by atoms with van der Waals surface area (Å²) in [5.41, 5.74) is 0.245. The summed E-state index contributed by atoms with van der Waals surface area (Å²) in [5.74, 6) is 0.673. The highest BCUT2D eigenvalue weighted by Gasteiger charge is 2.45. The van der Waals surface area contributed by atoms with Gasteiger partial charge in [0.15, 0.2) is 0 Å². The number of rotatable bonds is 5. The van der Waals surface area contributed by atoms with E-state index in [1.54, 1.807) is 0 Å². The zero-order valence-electron chi connectivity index (χ0n) is 16.6. The minimum atomic E-state index is 0.162. The van der Waals surface area contributed by atoms with Gasteiger partial charge in [0.25, 0.3) is 0 Å². The van der Waals surface area contributed by atoms with Gasteiger partial charge in [-0.05, 0) is 69.9 Å². The summed E-state index contributed by atoms with van der Waals surface area (Å²) in [4.78, 5) is 27.3. The number of carbonyl (C=O) groups is 2. The van der Waals surface area contributed by atoms with Crippen LogP contribution in [0.5, 0.6) is 0 Å². The van der Waals surface area contributed by atoms with Crippen molar-refractivity contribution in [2.24, 2.45) is 11.3 Å². The minimum Gasteiger partial charge on any atom is -0.353 e. The van der Waals surface area contributed by atoms with Crippen molar-refractivity contribution in [2.45, 2.75) is 76.3 Å². The van der Waals surface area contributed by atoms with Gasteiger partial charge in [-0.1, -0.05) is 12.8 Å². The number of likely N-dealkylation sites (tertiary alicyclic amines) is 1. The van der Waals surface area contributed by atoms with Crippen LogP contribution in [0, 0.1) is 11.3 Å². The van der Waals surface area contributed by atoms with Crippen LogP contribution in [0.25, 0.3) is 0 Å². The van der Waals surface area contributed by atoms with Crippen molar-refractivity contribution in [3.63, 3.8) is 0 Å². The van der Waals surface area contributed by atoms with E-state index in [1.165, 1.54) is 19.3 Å². The second-order valence-electron chi connectivity index (χ2n) is 9.31. The first-order valence-corrected chi connectivity index (χ1v) is 11.2. The average molecular weight is 377 g/mol. The molecule has 1 spiro atoms. The lowest BCUT2D eigenvalue weighted by atomic mass is 9.61. The summed E-state index contributed by atoms with van der Waals surface area (Å²) >= 11 is 0. The highest BCUT2D eigenvalue weighted by molar-refractivity contribution is 5.80. The van der Waals surface area contributed by atoms with E-state index in [2.05, 4.69) is 20.9 Å². The van der Waals surface area contributed by atoms with Gasteiger partial charge in [-0.15, -0.1) is 0 Å². The molecule has 1 atom stereocenters. The maximum absolute atomic E-state index is 13.1. The van der Waals surface area contributed by atoms with Crippen LogP contribution in [-0.4, -0.2) is 61.5 Å². The molecule has 6 nitrogen and oxygen atoms in total. The molecule has 2 saturated carbocycles. The van der Waals surface area contributed by atoms with Gasteiger partial charge in [-0.25, -0.2) is 0 Å². The predicted molar refractivity (Wildman–Crippen MR) is 105 cm³/mol. The van der Waals surface area contributed by atoms with Crippen molar-refractivity contribution in [3.05, 3.63) is 0 Å². The largest absolute Gasteiger partial charge is 0.353 e. The lowest BCUT2D eigenvalue weighted by Crippen LogP contribution is -2.53. The Morgan fingerprint density at radius 2 is 1.59 bits per heavy atom. The van der Waals surface area contributed by atoms with Crippen LogP contribution in [0.4, 0.5) is 0 Å². The van der Waals surface area contributed by atoms with Crippen LogP contribution >= 0.6 is 0 Å². The maximum atomic E-state index is 13.1. The number of nitrogens with one attached hydrogen (secondary N) is 3. The molecule has 2 amide bonds. The predicted octanol–water partition coefficient (Wildman–Crippen LogP) is 1.41. The molecule has 2 aliphatic heterocycles. The van der Waals surface area contributed by atoms with Crippen LogP contribution in [0.2, 0.25) is 0 Å². The molecule has 0 aromatic rings. The lowest BCUT2D eigenvalue weighted by Gasteiger charge is -2.46. The SMILES string of the molecule is O=C(CN1CCC(NC(=O)C2CCCCC23CCNCC3)CC1)NC1CC1. The Morgan fingerprint density at radius 3 is 2.30 bits per heavy atom. The summed E-state index contributed by atoms with van der Waals surface area (Å²) in [6.45, 7) is 4.44. The number of hydrogen-bond donors (Lipinski definition) is 3. The monoisotopic (exact) mass is 376 g/mol. The molecular formula is C21H36N4O2. The summed E-state index contributed by atoms with van der Waals surface area (Å²) in [6, 6.07) is 0.716. The van der Waals surface area contributed by atoms with Gasteiger partial charge >= 0.3 is 0 Å². The van der Waals surface area contributed by atoms with Crippen molar-refractivity contribution in [3.8, 4) is 0 Å². The smallest absolute Gasteiger partial charge is 0.234 e. The van der Waals surface area contributed by atoms with Crippen molar-refractivity contribution in [2.75, 3.05) is 32.7 Å². The van der Waals surface area contributed by atoms with E-state index < -0.39 is 0 Å². The maximum Gasteiger partial charge on any atom is 0.234 e. The topological polar surface area (TPSA) is 73.5 Å². The normalized spacial score (nSPS) is 29.4. The fourth-order valence-electron chi connectivity index (χ4n) is 5.48. The molecule has 27 heavy (non-hydrogen) atoms. The summed E-state index contributed by atoms with van der Waals surface area (Å²) < 4.78 is 0. The van der Waals surface area contributed by atoms with Gasteiger partial charge in [-0.3, -0.25) is 14.5 Å². The first-order chi connectivity index (χ1) is 13.1. The van der Waals surface area contributed by atoms with Gasteiger partial charge in [-0.2, -0.15) is 0 Å². The molecule has 2 heterocycles. The van der Waals surface area contributed by atoms with E-state index in [4.69, 9.17) is 0 Å². The first-order valence-electron chi connectivity index (χ1n) is 11.2. The fraction of sp³-hybridized carbons (Fsp3) is 0.905. The molecule has 0 radical (unpaired) electrons. The van der Waals surface area contributed by atoms with Crippen molar-refractivity contribution >= 4 is 11.8 Å². The van der Waals surface area contributed by atoms with Crippen LogP contribution in [0.1, 0.15) is 64.2 Å². The Balaban J connectivity index is 1.24. The Hall–Kier alpha value is -1.14. The van der Waals surface area contributed by atoms with E-state index in [9.17, 15) is 9.59 Å². The van der Waals surface area contributed by atoms with E-state index in [-0.39, 0.29) is 23.3 Å². The number of hydrogen-bond acceptors (Lipinski definition) is 4. The summed E-state index contributed by atoms with van der Waals surface area (Å²) in [7, 11) is 0. The standard InChI is InChI=1S/C21H36N4O2/c26-19(23-16-4-5-16)15-25-13-6-17(7-14-25)24-20(27)18-3-1-2-8-21(18)9-11-22-12-10-21/h16-18,22H,1-15H2,(H,23,26)(H,24,27). The van der Waals surface area contributed by atoms with Crippen LogP contribution < -0.4 is 16.0 Å². The quantitative estimate of drug-likeness (QED) is 0.678. The van der Waals surface area contributed by atoms with Gasteiger partial charge in [0.2, 0.25) is 11.8 Å². The molecule has 152 valence electrons. The Kier molecular flexibility index (Phi) is 6.02. The number of carbonyl (C=O) groups excluding carboxylic acids is 2. The van der Waals surface area contributed by atoms with Gasteiger partial charge in [0.05, 0.1) is 6.54 Å². The van der Waals surface area contributed by atoms with E-state index in [0.29, 0.717) is 18.5 Å². The number of nitrogens with zero attached hydrogens (tertiary/aromatic N) is 1. The molecular weight excluding hydrogens is 340 g/mol. The molecule has 4 fully saturated rings. The second-order valence-corrected chi connectivity index (χ2v) is 9.31. The second kappa shape index (κ2) is 8.48. The third-order valence-corrected chi connectivity index (χ3v) is 7.32. The van der Waals surface area contributed by atoms with E-state index in [0.717, 1.165) is 71.1 Å². The van der Waals surface area contributed by atoms with Crippen LogP contribution in [-0.2, 0) is 9.59 Å². The molecule has 1 unspecified atom stereocenters. The minimum absolute atomic E-state index is 0.162. The van der Waals surface area contributed by atoms with Crippen LogP contribution in [0.3, 0.4) is 0 Å². The van der Waals surface area contributed by atoms with E-state index in [1.807, 2.05) is 0 Å². The molecule has 2 aliphatic carbocycles. The summed E-state index contributed by atoms with van der Waals surface area (Å²) in [6.07, 6.45) is 11.3. The van der Waals surface area contributed by atoms with Crippen molar-refractivity contribution in [1.29, 1.82) is 0 Å². The van der Waals surface area contributed by atoms with E-state index >= 15 is 0 Å². The van der Waals surface area contributed by atoms with Gasteiger partial charge in [0.1, 0.15) is 0 Å². The Bertz CT molecular complexity index is 526. The molecule has 4 aliphatic rings. The zero-order valence-corrected chi connectivity index (χ0v) is 16.6. The van der Waals surface area contributed by atoms with Gasteiger partial charge < -0.3 is 16.0 Å². The Morgan fingerprint density at radius 1 is 0.889 bits per heavy atom. The molecule has 6 heteroatoms. The van der Waals surface area contributed by atoms with Crippen molar-refractivity contribution in [1.82, 2.24) is 20.9 Å².